The van der Waals surface area contributed by atoms with Crippen molar-refractivity contribution in [3.05, 3.63) is 34.3 Å². The zero-order valence-electron chi connectivity index (χ0n) is 10.9. The smallest absolute Gasteiger partial charge is 0.254 e. The Kier molecular flexibility index (Phi) is 4.42. The Morgan fingerprint density at radius 1 is 1.47 bits per heavy atom. The lowest BCUT2D eigenvalue weighted by Gasteiger charge is -2.35. The third kappa shape index (κ3) is 3.07. The normalized spacial score (nSPS) is 19.3. The standard InChI is InChI=1S/C14H17ClN2OS/c1-9-8-10(15)5-6-11(9)14(18)17-7-3-2-4-12(17)13(16)19/h5-6,8,12H,2-4,7H2,1H3,(H2,16,19). The van der Waals surface area contributed by atoms with Gasteiger partial charge in [-0.25, -0.2) is 0 Å². The molecule has 1 aliphatic heterocycles. The van der Waals surface area contributed by atoms with E-state index in [4.69, 9.17) is 29.6 Å². The molecule has 1 aromatic carbocycles. The van der Waals surface area contributed by atoms with Crippen LogP contribution in [0.3, 0.4) is 0 Å². The van der Waals surface area contributed by atoms with Gasteiger partial charge in [-0.2, -0.15) is 0 Å². The van der Waals surface area contributed by atoms with Crippen LogP contribution in [0.4, 0.5) is 0 Å². The Hall–Kier alpha value is -1.13. The van der Waals surface area contributed by atoms with Crippen molar-refractivity contribution in [1.82, 2.24) is 4.90 Å². The number of benzene rings is 1. The highest BCUT2D eigenvalue weighted by Gasteiger charge is 2.29. The first-order valence-electron chi connectivity index (χ1n) is 6.37. The predicted molar refractivity (Wildman–Crippen MR) is 81.6 cm³/mol. The Labute approximate surface area is 123 Å². The summed E-state index contributed by atoms with van der Waals surface area (Å²) in [6, 6.07) is 5.19. The summed E-state index contributed by atoms with van der Waals surface area (Å²) in [5.74, 6) is -0.00772. The maximum atomic E-state index is 12.6. The Morgan fingerprint density at radius 2 is 2.21 bits per heavy atom. The quantitative estimate of drug-likeness (QED) is 0.854. The number of rotatable bonds is 2. The summed E-state index contributed by atoms with van der Waals surface area (Å²) in [6.45, 7) is 2.60. The van der Waals surface area contributed by atoms with Gasteiger partial charge in [0.05, 0.1) is 11.0 Å². The van der Waals surface area contributed by atoms with E-state index in [-0.39, 0.29) is 11.9 Å². The number of halogens is 1. The summed E-state index contributed by atoms with van der Waals surface area (Å²) < 4.78 is 0. The van der Waals surface area contributed by atoms with Gasteiger partial charge in [0.2, 0.25) is 0 Å². The molecule has 102 valence electrons. The Morgan fingerprint density at radius 3 is 2.84 bits per heavy atom. The highest BCUT2D eigenvalue weighted by atomic mass is 35.5. The predicted octanol–water partition coefficient (Wildman–Crippen LogP) is 2.93. The summed E-state index contributed by atoms with van der Waals surface area (Å²) in [5, 5.41) is 0.638. The number of carbonyl (C=O) groups excluding carboxylic acids is 1. The molecule has 0 spiro atoms. The molecular formula is C14H17ClN2OS. The average Bonchev–Trinajstić information content (AvgIpc) is 2.38. The maximum absolute atomic E-state index is 12.6. The third-order valence-electron chi connectivity index (χ3n) is 3.51. The molecule has 1 fully saturated rings. The van der Waals surface area contributed by atoms with Crippen LogP contribution < -0.4 is 5.73 Å². The third-order valence-corrected chi connectivity index (χ3v) is 4.02. The van der Waals surface area contributed by atoms with Crippen molar-refractivity contribution < 1.29 is 4.79 Å². The molecule has 0 bridgehead atoms. The molecule has 0 saturated carbocycles. The van der Waals surface area contributed by atoms with Crippen molar-refractivity contribution in [1.29, 1.82) is 0 Å². The molecule has 1 atom stereocenters. The monoisotopic (exact) mass is 296 g/mol. The molecule has 3 nitrogen and oxygen atoms in total. The summed E-state index contributed by atoms with van der Waals surface area (Å²) in [6.07, 6.45) is 2.91. The molecule has 1 saturated heterocycles. The number of likely N-dealkylation sites (tertiary alicyclic amines) is 1. The minimum absolute atomic E-state index is 0.00772. The van der Waals surface area contributed by atoms with Crippen LogP contribution in [0.15, 0.2) is 18.2 Å². The lowest BCUT2D eigenvalue weighted by atomic mass is 9.99. The van der Waals surface area contributed by atoms with Crippen LogP contribution in [0, 0.1) is 6.92 Å². The second-order valence-corrected chi connectivity index (χ2v) is 5.78. The lowest BCUT2D eigenvalue weighted by Crippen LogP contribution is -2.49. The number of aryl methyl sites for hydroxylation is 1. The Balaban J connectivity index is 2.28. The van der Waals surface area contributed by atoms with Gasteiger partial charge in [-0.1, -0.05) is 23.8 Å². The van der Waals surface area contributed by atoms with E-state index in [2.05, 4.69) is 0 Å². The van der Waals surface area contributed by atoms with E-state index in [0.29, 0.717) is 22.1 Å². The van der Waals surface area contributed by atoms with E-state index >= 15 is 0 Å². The van der Waals surface area contributed by atoms with E-state index in [9.17, 15) is 4.79 Å². The summed E-state index contributed by atoms with van der Waals surface area (Å²) in [4.78, 5) is 14.8. The van der Waals surface area contributed by atoms with Gasteiger partial charge in [0.15, 0.2) is 0 Å². The van der Waals surface area contributed by atoms with Crippen molar-refractivity contribution in [3.63, 3.8) is 0 Å². The molecule has 1 unspecified atom stereocenters. The first-order valence-corrected chi connectivity index (χ1v) is 7.16. The molecule has 1 amide bonds. The maximum Gasteiger partial charge on any atom is 0.254 e. The largest absolute Gasteiger partial charge is 0.392 e. The van der Waals surface area contributed by atoms with Crippen LogP contribution in [0.5, 0.6) is 0 Å². The summed E-state index contributed by atoms with van der Waals surface area (Å²) in [5.41, 5.74) is 7.31. The van der Waals surface area contributed by atoms with Crippen molar-refractivity contribution in [2.75, 3.05) is 6.54 Å². The number of amides is 1. The molecule has 5 heteroatoms. The second kappa shape index (κ2) is 5.88. The van der Waals surface area contributed by atoms with Gasteiger partial charge in [0.1, 0.15) is 0 Å². The SMILES string of the molecule is Cc1cc(Cl)ccc1C(=O)N1CCCCC1C(N)=S. The number of nitrogens with zero attached hydrogens (tertiary/aromatic N) is 1. The molecule has 19 heavy (non-hydrogen) atoms. The van der Waals surface area contributed by atoms with Gasteiger partial charge < -0.3 is 10.6 Å². The minimum atomic E-state index is -0.119. The van der Waals surface area contributed by atoms with E-state index in [0.717, 1.165) is 24.8 Å². The van der Waals surface area contributed by atoms with Gasteiger partial charge in [-0.05, 0) is 49.9 Å². The first kappa shape index (κ1) is 14.3. The number of piperidine rings is 1. The van der Waals surface area contributed by atoms with Crippen molar-refractivity contribution >= 4 is 34.7 Å². The number of hydrogen-bond acceptors (Lipinski definition) is 2. The van der Waals surface area contributed by atoms with Crippen LogP contribution in [-0.2, 0) is 0 Å². The van der Waals surface area contributed by atoms with E-state index in [1.165, 1.54) is 0 Å². The van der Waals surface area contributed by atoms with Gasteiger partial charge in [0, 0.05) is 17.1 Å². The molecule has 1 aromatic rings. The van der Waals surface area contributed by atoms with Crippen LogP contribution in [0.2, 0.25) is 5.02 Å². The fourth-order valence-corrected chi connectivity index (χ4v) is 2.96. The molecule has 1 heterocycles. The highest BCUT2D eigenvalue weighted by molar-refractivity contribution is 7.80. The lowest BCUT2D eigenvalue weighted by molar-refractivity contribution is 0.0681. The molecule has 0 aromatic heterocycles. The van der Waals surface area contributed by atoms with E-state index < -0.39 is 0 Å². The molecule has 0 aliphatic carbocycles. The Bertz CT molecular complexity index is 518. The molecule has 1 aliphatic rings. The number of carbonyl (C=O) groups is 1. The van der Waals surface area contributed by atoms with Crippen molar-refractivity contribution in [2.24, 2.45) is 5.73 Å². The van der Waals surface area contributed by atoms with Crippen LogP contribution in [0.1, 0.15) is 35.2 Å². The van der Waals surface area contributed by atoms with Crippen LogP contribution in [0.25, 0.3) is 0 Å². The van der Waals surface area contributed by atoms with E-state index in [1.54, 1.807) is 23.1 Å². The van der Waals surface area contributed by atoms with Gasteiger partial charge in [-0.15, -0.1) is 0 Å². The minimum Gasteiger partial charge on any atom is -0.392 e. The summed E-state index contributed by atoms with van der Waals surface area (Å²) >= 11 is 11.0. The zero-order valence-corrected chi connectivity index (χ0v) is 12.4. The van der Waals surface area contributed by atoms with E-state index in [1.807, 2.05) is 6.92 Å². The van der Waals surface area contributed by atoms with Gasteiger partial charge in [0.25, 0.3) is 5.91 Å². The fraction of sp³-hybridized carbons (Fsp3) is 0.429. The molecular weight excluding hydrogens is 280 g/mol. The molecule has 2 rings (SSSR count). The highest BCUT2D eigenvalue weighted by Crippen LogP contribution is 2.23. The number of nitrogens with two attached hydrogens (primary N) is 1. The molecule has 0 radical (unpaired) electrons. The number of thiocarbonyl (C=S) groups is 1. The first-order chi connectivity index (χ1) is 9.00. The van der Waals surface area contributed by atoms with Crippen molar-refractivity contribution in [2.45, 2.75) is 32.2 Å². The van der Waals surface area contributed by atoms with Gasteiger partial charge in [-0.3, -0.25) is 4.79 Å². The summed E-state index contributed by atoms with van der Waals surface area (Å²) in [7, 11) is 0. The zero-order chi connectivity index (χ0) is 14.0. The van der Waals surface area contributed by atoms with Crippen LogP contribution >= 0.6 is 23.8 Å². The van der Waals surface area contributed by atoms with Crippen molar-refractivity contribution in [3.8, 4) is 0 Å². The average molecular weight is 297 g/mol. The topological polar surface area (TPSA) is 46.3 Å². The number of hydrogen-bond donors (Lipinski definition) is 1. The van der Waals surface area contributed by atoms with Crippen LogP contribution in [-0.4, -0.2) is 28.4 Å². The van der Waals surface area contributed by atoms with Gasteiger partial charge >= 0.3 is 0 Å². The second-order valence-electron chi connectivity index (χ2n) is 4.87. The fourth-order valence-electron chi connectivity index (χ4n) is 2.49. The molecule has 2 N–H and O–H groups in total.